The Morgan fingerprint density at radius 3 is 2.48 bits per heavy atom. The van der Waals surface area contributed by atoms with Crippen molar-refractivity contribution in [1.82, 2.24) is 5.43 Å². The third-order valence-electron chi connectivity index (χ3n) is 3.45. The van der Waals surface area contributed by atoms with Crippen LogP contribution >= 0.6 is 0 Å². The molecular weight excluding hydrogens is 363 g/mol. The number of carbonyl (C=O) groups is 2. The van der Waals surface area contributed by atoms with Crippen LogP contribution in [0.4, 0.5) is 18.9 Å². The van der Waals surface area contributed by atoms with Gasteiger partial charge in [0.25, 0.3) is 0 Å². The minimum Gasteiger partial charge on any atom is -0.495 e. The fourth-order valence-corrected chi connectivity index (χ4v) is 2.18. The van der Waals surface area contributed by atoms with Gasteiger partial charge in [-0.25, -0.2) is 5.43 Å². The minimum atomic E-state index is -4.56. The lowest BCUT2D eigenvalue weighted by Gasteiger charge is -2.10. The van der Waals surface area contributed by atoms with Crippen LogP contribution in [0.2, 0.25) is 0 Å². The molecule has 0 aromatic heterocycles. The Balaban J connectivity index is 2.05. The number of alkyl halides is 3. The number of amides is 2. The first-order valence-corrected chi connectivity index (χ1v) is 7.67. The lowest BCUT2D eigenvalue weighted by molar-refractivity contribution is -0.137. The third kappa shape index (κ3) is 5.30. The molecule has 0 aliphatic rings. The van der Waals surface area contributed by atoms with Crippen molar-refractivity contribution < 1.29 is 27.5 Å². The van der Waals surface area contributed by atoms with Crippen molar-refractivity contribution in [3.05, 3.63) is 59.2 Å². The van der Waals surface area contributed by atoms with Gasteiger partial charge in [0.2, 0.25) is 0 Å². The smallest absolute Gasteiger partial charge is 0.417 e. The molecule has 0 fully saturated rings. The standard InChI is InChI=1S/C18H16F3N3O3/c1-11-7-8-15(27-2)14(9-11)23-16(25)17(26)24-22-10-12-5-3-4-6-13(12)18(19,20)21/h3-10H,1-2H3,(H,23,25)(H,24,26). The van der Waals surface area contributed by atoms with Gasteiger partial charge in [-0.1, -0.05) is 24.3 Å². The number of hydrazone groups is 1. The number of aryl methyl sites for hydroxylation is 1. The zero-order valence-electron chi connectivity index (χ0n) is 14.4. The number of carbonyl (C=O) groups excluding carboxylic acids is 2. The van der Waals surface area contributed by atoms with Crippen LogP contribution in [0.5, 0.6) is 5.75 Å². The summed E-state index contributed by atoms with van der Waals surface area (Å²) in [6, 6.07) is 9.70. The van der Waals surface area contributed by atoms with Crippen molar-refractivity contribution in [1.29, 1.82) is 0 Å². The molecule has 2 aromatic carbocycles. The Kier molecular flexibility index (Phi) is 6.17. The van der Waals surface area contributed by atoms with E-state index in [-0.39, 0.29) is 11.3 Å². The summed E-state index contributed by atoms with van der Waals surface area (Å²) in [5.41, 5.74) is 1.85. The Labute approximate surface area is 153 Å². The van der Waals surface area contributed by atoms with Crippen molar-refractivity contribution in [3.8, 4) is 5.75 Å². The fraction of sp³-hybridized carbons (Fsp3) is 0.167. The minimum absolute atomic E-state index is 0.244. The van der Waals surface area contributed by atoms with E-state index in [1.54, 1.807) is 25.1 Å². The second kappa shape index (κ2) is 8.35. The zero-order chi connectivity index (χ0) is 20.0. The van der Waals surface area contributed by atoms with E-state index in [0.717, 1.165) is 17.8 Å². The zero-order valence-corrected chi connectivity index (χ0v) is 14.4. The summed E-state index contributed by atoms with van der Waals surface area (Å²) in [5, 5.41) is 5.78. The lowest BCUT2D eigenvalue weighted by atomic mass is 10.1. The molecule has 0 unspecified atom stereocenters. The van der Waals surface area contributed by atoms with Gasteiger partial charge in [-0.2, -0.15) is 18.3 Å². The summed E-state index contributed by atoms with van der Waals surface area (Å²) < 4.78 is 43.7. The van der Waals surface area contributed by atoms with E-state index in [9.17, 15) is 22.8 Å². The predicted octanol–water partition coefficient (Wildman–Crippen LogP) is 3.11. The summed E-state index contributed by atoms with van der Waals surface area (Å²) in [5.74, 6) is -1.83. The van der Waals surface area contributed by atoms with Gasteiger partial charge in [0.15, 0.2) is 0 Å². The Bertz CT molecular complexity index is 880. The SMILES string of the molecule is COc1ccc(C)cc1NC(=O)C(=O)NN=Cc1ccccc1C(F)(F)F. The molecule has 9 heteroatoms. The van der Waals surface area contributed by atoms with Crippen LogP contribution in [0.25, 0.3) is 0 Å². The van der Waals surface area contributed by atoms with Crippen LogP contribution in [-0.2, 0) is 15.8 Å². The number of hydrogen-bond acceptors (Lipinski definition) is 4. The van der Waals surface area contributed by atoms with Gasteiger partial charge < -0.3 is 10.1 Å². The van der Waals surface area contributed by atoms with Crippen LogP contribution in [0.15, 0.2) is 47.6 Å². The Morgan fingerprint density at radius 2 is 1.81 bits per heavy atom. The van der Waals surface area contributed by atoms with Crippen LogP contribution in [-0.4, -0.2) is 25.1 Å². The molecule has 0 saturated heterocycles. The maximum absolute atomic E-state index is 12.9. The average Bonchev–Trinajstić information content (AvgIpc) is 2.61. The molecule has 142 valence electrons. The predicted molar refractivity (Wildman–Crippen MR) is 93.5 cm³/mol. The largest absolute Gasteiger partial charge is 0.495 e. The van der Waals surface area contributed by atoms with E-state index in [4.69, 9.17) is 4.74 Å². The van der Waals surface area contributed by atoms with Gasteiger partial charge in [-0.3, -0.25) is 9.59 Å². The third-order valence-corrected chi connectivity index (χ3v) is 3.45. The van der Waals surface area contributed by atoms with Gasteiger partial charge in [-0.05, 0) is 30.7 Å². The summed E-state index contributed by atoms with van der Waals surface area (Å²) in [6.45, 7) is 1.79. The van der Waals surface area contributed by atoms with Crippen molar-refractivity contribution in [2.24, 2.45) is 5.10 Å². The van der Waals surface area contributed by atoms with E-state index in [2.05, 4.69) is 10.4 Å². The first-order chi connectivity index (χ1) is 12.7. The van der Waals surface area contributed by atoms with Crippen LogP contribution in [0.1, 0.15) is 16.7 Å². The molecule has 0 aliphatic carbocycles. The number of benzene rings is 2. The number of ether oxygens (including phenoxy) is 1. The van der Waals surface area contributed by atoms with Crippen molar-refractivity contribution in [2.45, 2.75) is 13.1 Å². The second-order valence-electron chi connectivity index (χ2n) is 5.44. The highest BCUT2D eigenvalue weighted by Crippen LogP contribution is 2.31. The number of halogens is 3. The van der Waals surface area contributed by atoms with E-state index < -0.39 is 23.6 Å². The molecular formula is C18H16F3N3O3. The maximum Gasteiger partial charge on any atom is 0.417 e. The van der Waals surface area contributed by atoms with Gasteiger partial charge >= 0.3 is 18.0 Å². The molecule has 6 nitrogen and oxygen atoms in total. The molecule has 2 amide bonds. The maximum atomic E-state index is 12.9. The highest BCUT2D eigenvalue weighted by atomic mass is 19.4. The lowest BCUT2D eigenvalue weighted by Crippen LogP contribution is -2.32. The number of methoxy groups -OCH3 is 1. The summed E-state index contributed by atoms with van der Waals surface area (Å²) in [6.07, 6.45) is -3.74. The highest BCUT2D eigenvalue weighted by molar-refractivity contribution is 6.39. The molecule has 0 heterocycles. The number of hydrogen-bond donors (Lipinski definition) is 2. The Morgan fingerprint density at radius 1 is 1.11 bits per heavy atom. The molecule has 0 bridgehead atoms. The molecule has 0 saturated carbocycles. The first kappa shape index (κ1) is 20.0. The normalized spacial score (nSPS) is 11.3. The van der Waals surface area contributed by atoms with Crippen LogP contribution < -0.4 is 15.5 Å². The molecule has 2 rings (SSSR count). The van der Waals surface area contributed by atoms with Crippen LogP contribution in [0, 0.1) is 6.92 Å². The fourth-order valence-electron chi connectivity index (χ4n) is 2.18. The van der Waals surface area contributed by atoms with E-state index in [1.807, 2.05) is 5.43 Å². The van der Waals surface area contributed by atoms with Crippen molar-refractivity contribution >= 4 is 23.7 Å². The van der Waals surface area contributed by atoms with Crippen molar-refractivity contribution in [2.75, 3.05) is 12.4 Å². The summed E-state index contributed by atoms with van der Waals surface area (Å²) >= 11 is 0. The topological polar surface area (TPSA) is 79.8 Å². The van der Waals surface area contributed by atoms with Crippen molar-refractivity contribution in [3.63, 3.8) is 0 Å². The number of nitrogens with zero attached hydrogens (tertiary/aromatic N) is 1. The van der Waals surface area contributed by atoms with E-state index in [1.165, 1.54) is 25.3 Å². The molecule has 0 atom stereocenters. The van der Waals surface area contributed by atoms with Crippen LogP contribution in [0.3, 0.4) is 0 Å². The number of rotatable bonds is 4. The highest BCUT2D eigenvalue weighted by Gasteiger charge is 2.32. The number of anilines is 1. The molecule has 0 spiro atoms. The molecule has 2 aromatic rings. The summed E-state index contributed by atoms with van der Waals surface area (Å²) in [4.78, 5) is 23.7. The van der Waals surface area contributed by atoms with E-state index >= 15 is 0 Å². The van der Waals surface area contributed by atoms with Gasteiger partial charge in [0, 0.05) is 5.56 Å². The molecule has 0 radical (unpaired) electrons. The molecule has 0 aliphatic heterocycles. The van der Waals surface area contributed by atoms with Gasteiger partial charge in [0.1, 0.15) is 5.75 Å². The molecule has 2 N–H and O–H groups in total. The average molecular weight is 379 g/mol. The monoisotopic (exact) mass is 379 g/mol. The summed E-state index contributed by atoms with van der Waals surface area (Å²) in [7, 11) is 1.41. The quantitative estimate of drug-likeness (QED) is 0.487. The number of nitrogens with one attached hydrogen (secondary N) is 2. The second-order valence-corrected chi connectivity index (χ2v) is 5.44. The van der Waals surface area contributed by atoms with Gasteiger partial charge in [-0.15, -0.1) is 0 Å². The van der Waals surface area contributed by atoms with E-state index in [0.29, 0.717) is 5.75 Å². The first-order valence-electron chi connectivity index (χ1n) is 7.67. The molecule has 27 heavy (non-hydrogen) atoms. The van der Waals surface area contributed by atoms with Gasteiger partial charge in [0.05, 0.1) is 24.6 Å². The Hall–Kier alpha value is -3.36.